The van der Waals surface area contributed by atoms with Crippen molar-refractivity contribution in [2.75, 3.05) is 0 Å². The van der Waals surface area contributed by atoms with Gasteiger partial charge in [-0.05, 0) is 0 Å². The normalized spacial score (nSPS) is 13.7. The summed E-state index contributed by atoms with van der Waals surface area (Å²) in [5, 5.41) is -5.53. The van der Waals surface area contributed by atoms with Crippen LogP contribution in [0, 0.1) is 0 Å². The Bertz CT molecular complexity index is 263. The predicted molar refractivity (Wildman–Crippen MR) is 29.9 cm³/mol. The molecule has 0 bridgehead atoms. The van der Waals surface area contributed by atoms with Gasteiger partial charge in [-0.1, -0.05) is 6.92 Å². The average Bonchev–Trinajstić information content (AvgIpc) is 1.85. The molecule has 0 aliphatic heterocycles. The Morgan fingerprint density at radius 1 is 1.23 bits per heavy atom. The first-order valence-electron chi connectivity index (χ1n) is 2.77. The van der Waals surface area contributed by atoms with Gasteiger partial charge in [0, 0.05) is 6.42 Å². The molecule has 0 unspecified atom stereocenters. The summed E-state index contributed by atoms with van der Waals surface area (Å²) >= 11 is 0. The Hall–Kier alpha value is 0.630. The van der Waals surface area contributed by atoms with Gasteiger partial charge in [0.05, 0.1) is 0 Å². The van der Waals surface area contributed by atoms with E-state index in [0.29, 0.717) is 6.92 Å². The predicted octanol–water partition coefficient (Wildman–Crippen LogP) is -1.83. The molecule has 0 fully saturated rings. The minimum absolute atomic E-state index is 0. The molecule has 0 aromatic heterocycles. The van der Waals surface area contributed by atoms with E-state index in [1.54, 1.807) is 0 Å². The van der Waals surface area contributed by atoms with Gasteiger partial charge in [0.1, 0.15) is 0 Å². The minimum Gasteiger partial charge on any atom is -0.743 e. The fourth-order valence-corrected chi connectivity index (χ4v) is 0.899. The Morgan fingerprint density at radius 2 is 1.54 bits per heavy atom. The third-order valence-electron chi connectivity index (χ3n) is 1.18. The van der Waals surface area contributed by atoms with Crippen molar-refractivity contribution >= 4 is 10.1 Å². The summed E-state index contributed by atoms with van der Waals surface area (Å²) in [4.78, 5) is 0. The molecule has 0 amide bonds. The van der Waals surface area contributed by atoms with E-state index in [2.05, 4.69) is 0 Å². The second-order valence-electron chi connectivity index (χ2n) is 2.03. The van der Waals surface area contributed by atoms with Crippen LogP contribution in [0.1, 0.15) is 13.3 Å². The third kappa shape index (κ3) is 3.05. The molecule has 0 saturated heterocycles. The van der Waals surface area contributed by atoms with Crippen LogP contribution in [0.3, 0.4) is 0 Å². The van der Waals surface area contributed by atoms with Crippen LogP contribution in [-0.4, -0.2) is 24.1 Å². The molecule has 0 aliphatic rings. The van der Waals surface area contributed by atoms with Crippen LogP contribution in [0.2, 0.25) is 0 Å². The van der Waals surface area contributed by atoms with E-state index in [4.69, 9.17) is 0 Å². The van der Waals surface area contributed by atoms with Gasteiger partial charge in [0.2, 0.25) is 0 Å². The standard InChI is InChI=1S/C4H6F4O3S.Na/c1-2-3(5,6)4(7,8)12(9,10)11;/h2H2,1H3,(H,9,10,11);/q;+1/p-1. The molecule has 13 heavy (non-hydrogen) atoms. The van der Waals surface area contributed by atoms with Crippen LogP contribution in [-0.2, 0) is 10.1 Å². The first kappa shape index (κ1) is 16.1. The molecular formula is C4H5F4NaO3S. The van der Waals surface area contributed by atoms with Crippen molar-refractivity contribution in [2.24, 2.45) is 0 Å². The maximum absolute atomic E-state index is 12.1. The number of hydrogen-bond acceptors (Lipinski definition) is 3. The summed E-state index contributed by atoms with van der Waals surface area (Å²) in [7, 11) is -6.31. The van der Waals surface area contributed by atoms with Crippen LogP contribution in [0.15, 0.2) is 0 Å². The van der Waals surface area contributed by atoms with Gasteiger partial charge in [-0.2, -0.15) is 17.6 Å². The topological polar surface area (TPSA) is 57.2 Å². The summed E-state index contributed by atoms with van der Waals surface area (Å²) in [5.41, 5.74) is 0. The van der Waals surface area contributed by atoms with Crippen molar-refractivity contribution in [1.82, 2.24) is 0 Å². The Morgan fingerprint density at radius 3 is 1.62 bits per heavy atom. The molecule has 0 radical (unpaired) electrons. The molecule has 74 valence electrons. The monoisotopic (exact) mass is 232 g/mol. The molecular weight excluding hydrogens is 227 g/mol. The summed E-state index contributed by atoms with van der Waals surface area (Å²) in [5.74, 6) is -4.81. The Balaban J connectivity index is 0. The SMILES string of the molecule is CCC(F)(F)C(F)(F)S(=O)(=O)[O-].[Na+]. The molecule has 9 heteroatoms. The van der Waals surface area contributed by atoms with Gasteiger partial charge in [-0.15, -0.1) is 0 Å². The van der Waals surface area contributed by atoms with Gasteiger partial charge in [0.15, 0.2) is 10.1 Å². The van der Waals surface area contributed by atoms with Gasteiger partial charge >= 0.3 is 40.7 Å². The fraction of sp³-hybridized carbons (Fsp3) is 1.00. The van der Waals surface area contributed by atoms with Crippen molar-refractivity contribution < 1.29 is 60.1 Å². The van der Waals surface area contributed by atoms with Crippen LogP contribution < -0.4 is 29.6 Å². The van der Waals surface area contributed by atoms with Gasteiger partial charge in [-0.3, -0.25) is 0 Å². The van der Waals surface area contributed by atoms with Crippen LogP contribution in [0.25, 0.3) is 0 Å². The zero-order valence-corrected chi connectivity index (χ0v) is 9.67. The summed E-state index contributed by atoms with van der Waals surface area (Å²) in [6, 6.07) is 0. The first-order chi connectivity index (χ1) is 5.06. The van der Waals surface area contributed by atoms with Crippen molar-refractivity contribution in [2.45, 2.75) is 24.5 Å². The van der Waals surface area contributed by atoms with E-state index in [1.807, 2.05) is 0 Å². The molecule has 0 aromatic carbocycles. The van der Waals surface area contributed by atoms with E-state index >= 15 is 0 Å². The molecule has 0 heterocycles. The van der Waals surface area contributed by atoms with Gasteiger partial charge in [-0.25, -0.2) is 8.42 Å². The van der Waals surface area contributed by atoms with Crippen molar-refractivity contribution in [3.63, 3.8) is 0 Å². The molecule has 0 N–H and O–H groups in total. The molecule has 3 nitrogen and oxygen atoms in total. The van der Waals surface area contributed by atoms with Crippen LogP contribution >= 0.6 is 0 Å². The quantitative estimate of drug-likeness (QED) is 0.327. The third-order valence-corrected chi connectivity index (χ3v) is 2.11. The van der Waals surface area contributed by atoms with E-state index < -0.39 is 27.7 Å². The van der Waals surface area contributed by atoms with Crippen molar-refractivity contribution in [3.05, 3.63) is 0 Å². The summed E-state index contributed by atoms with van der Waals surface area (Å²) < 4.78 is 77.3. The van der Waals surface area contributed by atoms with E-state index in [1.165, 1.54) is 0 Å². The fourth-order valence-electron chi connectivity index (χ4n) is 0.389. The number of rotatable bonds is 3. The Kier molecular flexibility index (Phi) is 5.48. The summed E-state index contributed by atoms with van der Waals surface area (Å²) in [6.07, 6.45) is -1.42. The molecule has 0 aromatic rings. The molecule has 0 spiro atoms. The van der Waals surface area contributed by atoms with Gasteiger partial charge in [0.25, 0.3) is 0 Å². The largest absolute Gasteiger partial charge is 1.00 e. The van der Waals surface area contributed by atoms with Crippen LogP contribution in [0.4, 0.5) is 17.6 Å². The number of alkyl halides is 4. The maximum Gasteiger partial charge on any atom is 1.00 e. The zero-order valence-electron chi connectivity index (χ0n) is 6.85. The van der Waals surface area contributed by atoms with E-state index in [9.17, 15) is 30.5 Å². The van der Waals surface area contributed by atoms with E-state index in [0.717, 1.165) is 0 Å². The van der Waals surface area contributed by atoms with E-state index in [-0.39, 0.29) is 29.6 Å². The Labute approximate surface area is 94.5 Å². The molecule has 0 aliphatic carbocycles. The zero-order chi connectivity index (χ0) is 10.2. The van der Waals surface area contributed by atoms with Crippen LogP contribution in [0.5, 0.6) is 0 Å². The molecule has 0 rings (SSSR count). The maximum atomic E-state index is 12.1. The number of hydrogen-bond donors (Lipinski definition) is 0. The van der Waals surface area contributed by atoms with Gasteiger partial charge < -0.3 is 4.55 Å². The van der Waals surface area contributed by atoms with Crippen molar-refractivity contribution in [3.8, 4) is 0 Å². The smallest absolute Gasteiger partial charge is 0.743 e. The first-order valence-corrected chi connectivity index (χ1v) is 4.18. The van der Waals surface area contributed by atoms with Crippen molar-refractivity contribution in [1.29, 1.82) is 0 Å². The molecule has 0 saturated carbocycles. The summed E-state index contributed by atoms with van der Waals surface area (Å²) in [6.45, 7) is 0.652. The second-order valence-corrected chi connectivity index (χ2v) is 3.45. The second kappa shape index (κ2) is 4.43. The average molecular weight is 232 g/mol. The minimum atomic E-state index is -6.31. The number of halogens is 4. The molecule has 0 atom stereocenters.